The van der Waals surface area contributed by atoms with E-state index in [4.69, 9.17) is 23.7 Å². The van der Waals surface area contributed by atoms with Gasteiger partial charge >= 0.3 is 12.2 Å². The second-order valence-electron chi connectivity index (χ2n) is 8.30. The molecule has 1 amide bonds. The van der Waals surface area contributed by atoms with E-state index in [1.807, 2.05) is 24.0 Å². The van der Waals surface area contributed by atoms with Crippen molar-refractivity contribution in [1.82, 2.24) is 4.90 Å². The fraction of sp³-hybridized carbons (Fsp3) is 0.565. The summed E-state index contributed by atoms with van der Waals surface area (Å²) in [4.78, 5) is 26.7. The fourth-order valence-corrected chi connectivity index (χ4v) is 5.99. The molecular formula is C23H27NO7. The highest BCUT2D eigenvalue weighted by atomic mass is 16.7. The molecule has 0 radical (unpaired) electrons. The summed E-state index contributed by atoms with van der Waals surface area (Å²) in [6.07, 6.45) is 3.34. The number of rotatable bonds is 4. The number of carbonyl (C=O) groups excluding carboxylic acids is 2. The van der Waals surface area contributed by atoms with E-state index in [2.05, 4.69) is 12.1 Å². The third kappa shape index (κ3) is 2.73. The van der Waals surface area contributed by atoms with Crippen molar-refractivity contribution < 1.29 is 33.3 Å². The molecule has 0 saturated carbocycles. The van der Waals surface area contributed by atoms with Crippen LogP contribution in [-0.2, 0) is 26.0 Å². The van der Waals surface area contributed by atoms with Gasteiger partial charge in [-0.3, -0.25) is 0 Å². The van der Waals surface area contributed by atoms with Crippen molar-refractivity contribution in [3.8, 4) is 11.5 Å². The number of amides is 1. The first-order valence-electron chi connectivity index (χ1n) is 10.9. The minimum absolute atomic E-state index is 0.0264. The third-order valence-electron chi connectivity index (χ3n) is 7.05. The number of hydrogen-bond donors (Lipinski definition) is 0. The van der Waals surface area contributed by atoms with Crippen LogP contribution in [0.5, 0.6) is 11.5 Å². The average molecular weight is 429 g/mol. The number of likely N-dealkylation sites (tertiary alicyclic amines) is 1. The van der Waals surface area contributed by atoms with Crippen LogP contribution >= 0.6 is 0 Å². The predicted molar refractivity (Wildman–Crippen MR) is 109 cm³/mol. The Morgan fingerprint density at radius 3 is 2.74 bits per heavy atom. The molecule has 1 saturated heterocycles. The largest absolute Gasteiger partial charge is 0.508 e. The SMILES string of the molecule is CCOC(=O)O[C@@H]1C=C[C@@H]2[C@@H]3Cc4ccc(OC)c5c4[C@@]2(CCN3C(=O)OCC)[C@@H]1O5. The molecule has 2 aliphatic carbocycles. The summed E-state index contributed by atoms with van der Waals surface area (Å²) >= 11 is 0. The molecule has 2 bridgehead atoms. The average Bonchev–Trinajstić information content (AvgIpc) is 3.09. The summed E-state index contributed by atoms with van der Waals surface area (Å²) in [5.41, 5.74) is 1.86. The second-order valence-corrected chi connectivity index (χ2v) is 8.30. The van der Waals surface area contributed by atoms with Crippen LogP contribution < -0.4 is 9.47 Å². The fourth-order valence-electron chi connectivity index (χ4n) is 5.99. The van der Waals surface area contributed by atoms with Gasteiger partial charge in [0.05, 0.1) is 25.7 Å². The Hall–Kier alpha value is -2.90. The number of piperidine rings is 1. The lowest BCUT2D eigenvalue weighted by Gasteiger charge is -2.56. The van der Waals surface area contributed by atoms with E-state index in [0.29, 0.717) is 31.7 Å². The molecule has 2 heterocycles. The number of methoxy groups -OCH3 is 1. The molecule has 0 unspecified atom stereocenters. The molecule has 8 nitrogen and oxygen atoms in total. The van der Waals surface area contributed by atoms with Crippen molar-refractivity contribution >= 4 is 12.2 Å². The molecule has 8 heteroatoms. The highest BCUT2D eigenvalue weighted by Crippen LogP contribution is 2.62. The Bertz CT molecular complexity index is 944. The highest BCUT2D eigenvalue weighted by molar-refractivity contribution is 5.70. The molecule has 0 aromatic heterocycles. The van der Waals surface area contributed by atoms with Crippen molar-refractivity contribution in [1.29, 1.82) is 0 Å². The van der Waals surface area contributed by atoms with Gasteiger partial charge in [-0.05, 0) is 44.4 Å². The number of carbonyl (C=O) groups is 2. The van der Waals surface area contributed by atoms with Gasteiger partial charge in [0.1, 0.15) is 6.10 Å². The maximum atomic E-state index is 12.7. The van der Waals surface area contributed by atoms with E-state index in [1.54, 1.807) is 14.0 Å². The van der Waals surface area contributed by atoms with Gasteiger partial charge in [0.15, 0.2) is 17.6 Å². The number of benzene rings is 1. The van der Waals surface area contributed by atoms with Crippen LogP contribution in [0.4, 0.5) is 9.59 Å². The minimum atomic E-state index is -0.713. The van der Waals surface area contributed by atoms with Crippen LogP contribution in [0.3, 0.4) is 0 Å². The molecule has 5 rings (SSSR count). The molecule has 4 aliphatic rings. The maximum absolute atomic E-state index is 12.7. The van der Waals surface area contributed by atoms with E-state index in [-0.39, 0.29) is 24.7 Å². The van der Waals surface area contributed by atoms with Crippen LogP contribution in [0.15, 0.2) is 24.3 Å². The van der Waals surface area contributed by atoms with Gasteiger partial charge in [0.2, 0.25) is 0 Å². The lowest BCUT2D eigenvalue weighted by atomic mass is 9.53. The standard InChI is InChI=1S/C23H27NO7/c1-4-28-21(25)24-11-10-23-14-7-9-17(30-22(26)29-5-2)20(23)31-19-16(27-3)8-6-13(18(19)23)12-15(14)24/h6-9,14-15,17,20H,4-5,10-12H2,1-3H3/t14-,15+,17-,20-,23+/m1/s1. The maximum Gasteiger partial charge on any atom is 0.508 e. The van der Waals surface area contributed by atoms with Crippen LogP contribution in [-0.4, -0.2) is 62.3 Å². The highest BCUT2D eigenvalue weighted by Gasteiger charge is 2.66. The molecule has 0 N–H and O–H groups in total. The first-order valence-corrected chi connectivity index (χ1v) is 10.9. The van der Waals surface area contributed by atoms with E-state index >= 15 is 0 Å². The summed E-state index contributed by atoms with van der Waals surface area (Å²) in [6, 6.07) is 3.91. The zero-order chi connectivity index (χ0) is 21.8. The Morgan fingerprint density at radius 2 is 2.00 bits per heavy atom. The minimum Gasteiger partial charge on any atom is -0.493 e. The lowest BCUT2D eigenvalue weighted by molar-refractivity contribution is -0.0640. The van der Waals surface area contributed by atoms with Gasteiger partial charge in [-0.1, -0.05) is 12.1 Å². The van der Waals surface area contributed by atoms with Gasteiger partial charge in [0.25, 0.3) is 0 Å². The van der Waals surface area contributed by atoms with Gasteiger partial charge in [-0.15, -0.1) is 0 Å². The Morgan fingerprint density at radius 1 is 1.19 bits per heavy atom. The number of ether oxygens (including phenoxy) is 5. The summed E-state index contributed by atoms with van der Waals surface area (Å²) < 4.78 is 28.1. The Kier molecular flexibility index (Phi) is 4.75. The summed E-state index contributed by atoms with van der Waals surface area (Å²) in [6.45, 7) is 4.69. The first kappa shape index (κ1) is 20.0. The third-order valence-corrected chi connectivity index (χ3v) is 7.05. The molecule has 1 spiro atoms. The zero-order valence-corrected chi connectivity index (χ0v) is 18.0. The predicted octanol–water partition coefficient (Wildman–Crippen LogP) is 3.21. The van der Waals surface area contributed by atoms with E-state index in [0.717, 1.165) is 16.9 Å². The lowest BCUT2D eigenvalue weighted by Crippen LogP contribution is -2.66. The molecule has 1 fully saturated rings. The van der Waals surface area contributed by atoms with Gasteiger partial charge in [-0.2, -0.15) is 0 Å². The van der Waals surface area contributed by atoms with Crippen molar-refractivity contribution in [2.45, 2.75) is 50.4 Å². The number of hydrogen-bond acceptors (Lipinski definition) is 7. The smallest absolute Gasteiger partial charge is 0.493 e. The van der Waals surface area contributed by atoms with E-state index < -0.39 is 23.8 Å². The van der Waals surface area contributed by atoms with Gasteiger partial charge in [0, 0.05) is 24.1 Å². The summed E-state index contributed by atoms with van der Waals surface area (Å²) in [7, 11) is 1.62. The second kappa shape index (κ2) is 7.35. The van der Waals surface area contributed by atoms with Crippen LogP contribution in [0.1, 0.15) is 31.4 Å². The normalized spacial score (nSPS) is 31.4. The summed E-state index contributed by atoms with van der Waals surface area (Å²) in [5, 5.41) is 0. The molecule has 1 aromatic rings. The Labute approximate surface area is 181 Å². The quantitative estimate of drug-likeness (QED) is 0.537. The van der Waals surface area contributed by atoms with E-state index in [9.17, 15) is 9.59 Å². The van der Waals surface area contributed by atoms with Crippen molar-refractivity contribution in [2.24, 2.45) is 5.92 Å². The van der Waals surface area contributed by atoms with Gasteiger partial charge in [-0.25, -0.2) is 9.59 Å². The monoisotopic (exact) mass is 429 g/mol. The molecule has 166 valence electrons. The zero-order valence-electron chi connectivity index (χ0n) is 18.0. The van der Waals surface area contributed by atoms with Crippen molar-refractivity contribution in [2.75, 3.05) is 26.9 Å². The molecule has 1 aromatic carbocycles. The van der Waals surface area contributed by atoms with Gasteiger partial charge < -0.3 is 28.6 Å². The number of nitrogens with zero attached hydrogens (tertiary/aromatic N) is 1. The topological polar surface area (TPSA) is 83.5 Å². The van der Waals surface area contributed by atoms with E-state index in [1.165, 1.54) is 0 Å². The molecular weight excluding hydrogens is 402 g/mol. The van der Waals surface area contributed by atoms with Crippen LogP contribution in [0, 0.1) is 5.92 Å². The summed E-state index contributed by atoms with van der Waals surface area (Å²) in [5.74, 6) is 1.42. The van der Waals surface area contributed by atoms with Crippen LogP contribution in [0.2, 0.25) is 0 Å². The van der Waals surface area contributed by atoms with Crippen molar-refractivity contribution in [3.63, 3.8) is 0 Å². The first-order chi connectivity index (χ1) is 15.0. The van der Waals surface area contributed by atoms with Crippen LogP contribution in [0.25, 0.3) is 0 Å². The molecule has 31 heavy (non-hydrogen) atoms. The Balaban J connectivity index is 1.61. The molecule has 5 atom stereocenters. The molecule has 2 aliphatic heterocycles. The van der Waals surface area contributed by atoms with Crippen molar-refractivity contribution in [3.05, 3.63) is 35.4 Å².